The summed E-state index contributed by atoms with van der Waals surface area (Å²) in [5.74, 6) is 0. The highest BCUT2D eigenvalue weighted by Crippen LogP contribution is 2.30. The second-order valence-corrected chi connectivity index (χ2v) is 4.72. The first-order valence-electron chi connectivity index (χ1n) is 5.86. The third kappa shape index (κ3) is 3.16. The molecule has 100 valence electrons. The summed E-state index contributed by atoms with van der Waals surface area (Å²) in [5, 5.41) is -1.44. The van der Waals surface area contributed by atoms with E-state index in [1.807, 2.05) is 12.1 Å². The molecule has 0 unspecified atom stereocenters. The zero-order chi connectivity index (χ0) is 14.5. The van der Waals surface area contributed by atoms with Crippen LogP contribution < -0.4 is 0 Å². The summed E-state index contributed by atoms with van der Waals surface area (Å²) in [6.07, 6.45) is 0. The fourth-order valence-electron chi connectivity index (χ4n) is 1.92. The van der Waals surface area contributed by atoms with Gasteiger partial charge < -0.3 is 0 Å². The number of allylic oxidation sites excluding steroid dienone is 2. The Bertz CT molecular complexity index is 602. The average Bonchev–Trinajstić information content (AvgIpc) is 2.45. The summed E-state index contributed by atoms with van der Waals surface area (Å²) in [7, 11) is 0. The molecule has 4 heteroatoms. The van der Waals surface area contributed by atoms with Crippen LogP contribution in [0.1, 0.15) is 11.1 Å². The van der Waals surface area contributed by atoms with Crippen molar-refractivity contribution in [3.05, 3.63) is 71.8 Å². The van der Waals surface area contributed by atoms with Gasteiger partial charge in [0.25, 0.3) is 10.5 Å². The van der Waals surface area contributed by atoms with Crippen LogP contribution in [-0.4, -0.2) is 10.5 Å². The lowest BCUT2D eigenvalue weighted by Crippen LogP contribution is -2.03. The van der Waals surface area contributed by atoms with Gasteiger partial charge in [0.15, 0.2) is 0 Å². The van der Waals surface area contributed by atoms with Gasteiger partial charge in [0.2, 0.25) is 0 Å². The van der Waals surface area contributed by atoms with Gasteiger partial charge in [-0.2, -0.15) is 0 Å². The summed E-state index contributed by atoms with van der Waals surface area (Å²) in [5.41, 5.74) is 1.33. The molecule has 20 heavy (non-hydrogen) atoms. The molecule has 0 heterocycles. The fourth-order valence-corrected chi connectivity index (χ4v) is 2.33. The number of carbonyl (C=O) groups is 2. The van der Waals surface area contributed by atoms with E-state index in [1.165, 1.54) is 0 Å². The fraction of sp³-hybridized carbons (Fsp3) is 0. The van der Waals surface area contributed by atoms with Gasteiger partial charge in [0, 0.05) is 0 Å². The van der Waals surface area contributed by atoms with Crippen molar-refractivity contribution in [2.24, 2.45) is 0 Å². The highest BCUT2D eigenvalue weighted by atomic mass is 35.5. The Kier molecular flexibility index (Phi) is 4.72. The van der Waals surface area contributed by atoms with E-state index in [-0.39, 0.29) is 11.1 Å². The minimum absolute atomic E-state index is 0.110. The van der Waals surface area contributed by atoms with Crippen LogP contribution in [0.15, 0.2) is 60.7 Å². The summed E-state index contributed by atoms with van der Waals surface area (Å²) in [6.45, 7) is 0. The molecule has 0 radical (unpaired) electrons. The minimum Gasteiger partial charge on any atom is -0.276 e. The van der Waals surface area contributed by atoms with E-state index in [2.05, 4.69) is 0 Å². The molecule has 0 saturated heterocycles. The van der Waals surface area contributed by atoms with Crippen molar-refractivity contribution >= 4 is 44.8 Å². The molecule has 2 nitrogen and oxygen atoms in total. The van der Waals surface area contributed by atoms with Gasteiger partial charge in [-0.15, -0.1) is 0 Å². The largest absolute Gasteiger partial charge is 0.276 e. The lowest BCUT2D eigenvalue weighted by molar-refractivity contribution is -0.108. The predicted octanol–water partition coefficient (Wildman–Crippen LogP) is 4.13. The maximum atomic E-state index is 11.8. The monoisotopic (exact) mass is 304 g/mol. The van der Waals surface area contributed by atoms with E-state index in [0.717, 1.165) is 0 Å². The number of halogens is 2. The van der Waals surface area contributed by atoms with E-state index < -0.39 is 10.5 Å². The number of carbonyl (C=O) groups excluding carboxylic acids is 2. The van der Waals surface area contributed by atoms with Crippen molar-refractivity contribution in [1.29, 1.82) is 0 Å². The molecule has 2 rings (SSSR count). The van der Waals surface area contributed by atoms with Gasteiger partial charge in [-0.3, -0.25) is 9.59 Å². The van der Waals surface area contributed by atoms with Gasteiger partial charge in [-0.1, -0.05) is 60.7 Å². The Labute approximate surface area is 126 Å². The standard InChI is InChI=1S/C16H10Cl2O2/c17-15(19)13(11-7-3-1-4-8-11)14(16(18)20)12-9-5-2-6-10-12/h1-10H/b14-13-. The molecule has 0 bridgehead atoms. The molecule has 2 aromatic rings. The Morgan fingerprint density at radius 3 is 1.15 bits per heavy atom. The second kappa shape index (κ2) is 6.51. The zero-order valence-electron chi connectivity index (χ0n) is 10.3. The Morgan fingerprint density at radius 1 is 0.600 bits per heavy atom. The number of benzene rings is 2. The van der Waals surface area contributed by atoms with Crippen LogP contribution in [0.3, 0.4) is 0 Å². The molecule has 0 N–H and O–H groups in total. The van der Waals surface area contributed by atoms with Crippen LogP contribution in [-0.2, 0) is 9.59 Å². The van der Waals surface area contributed by atoms with Crippen LogP contribution >= 0.6 is 23.2 Å². The molecule has 0 aliphatic rings. The van der Waals surface area contributed by atoms with Crippen LogP contribution in [0.4, 0.5) is 0 Å². The summed E-state index contributed by atoms with van der Waals surface area (Å²) in [6, 6.07) is 17.5. The normalized spacial score (nSPS) is 11.7. The van der Waals surface area contributed by atoms with E-state index in [4.69, 9.17) is 23.2 Å². The van der Waals surface area contributed by atoms with Crippen molar-refractivity contribution in [2.75, 3.05) is 0 Å². The summed E-state index contributed by atoms with van der Waals surface area (Å²) in [4.78, 5) is 23.5. The third-order valence-electron chi connectivity index (χ3n) is 2.77. The maximum absolute atomic E-state index is 11.8. The Hall–Kier alpha value is -1.90. The molecule has 0 atom stereocenters. The smallest absolute Gasteiger partial charge is 0.253 e. The Balaban J connectivity index is 2.74. The molecule has 0 aliphatic carbocycles. The first-order valence-corrected chi connectivity index (χ1v) is 6.61. The molecule has 0 aliphatic heterocycles. The quantitative estimate of drug-likeness (QED) is 0.483. The zero-order valence-corrected chi connectivity index (χ0v) is 11.9. The van der Waals surface area contributed by atoms with Gasteiger partial charge in [0.1, 0.15) is 0 Å². The van der Waals surface area contributed by atoms with Crippen LogP contribution in [0.2, 0.25) is 0 Å². The van der Waals surface area contributed by atoms with Gasteiger partial charge in [-0.05, 0) is 34.3 Å². The lowest BCUT2D eigenvalue weighted by Gasteiger charge is -2.10. The highest BCUT2D eigenvalue weighted by molar-refractivity contribution is 6.82. The van der Waals surface area contributed by atoms with Gasteiger partial charge in [-0.25, -0.2) is 0 Å². The van der Waals surface area contributed by atoms with Crippen molar-refractivity contribution in [3.8, 4) is 0 Å². The van der Waals surface area contributed by atoms with Crippen molar-refractivity contribution in [3.63, 3.8) is 0 Å². The summed E-state index contributed by atoms with van der Waals surface area (Å²) >= 11 is 11.3. The van der Waals surface area contributed by atoms with E-state index in [1.54, 1.807) is 48.5 Å². The number of rotatable bonds is 4. The van der Waals surface area contributed by atoms with Crippen molar-refractivity contribution in [2.45, 2.75) is 0 Å². The first-order chi connectivity index (χ1) is 9.61. The SMILES string of the molecule is O=C(Cl)/C(=C(\C(=O)Cl)c1ccccc1)c1ccccc1. The van der Waals surface area contributed by atoms with Crippen molar-refractivity contribution in [1.82, 2.24) is 0 Å². The molecule has 0 fully saturated rings. The Morgan fingerprint density at radius 2 is 0.900 bits per heavy atom. The van der Waals surface area contributed by atoms with E-state index >= 15 is 0 Å². The van der Waals surface area contributed by atoms with Crippen molar-refractivity contribution < 1.29 is 9.59 Å². The topological polar surface area (TPSA) is 34.1 Å². The van der Waals surface area contributed by atoms with Gasteiger partial charge >= 0.3 is 0 Å². The summed E-state index contributed by atoms with van der Waals surface area (Å²) < 4.78 is 0. The highest BCUT2D eigenvalue weighted by Gasteiger charge is 2.21. The van der Waals surface area contributed by atoms with Crippen LogP contribution in [0.5, 0.6) is 0 Å². The molecule has 0 amide bonds. The molecular weight excluding hydrogens is 295 g/mol. The first kappa shape index (κ1) is 14.5. The number of hydrogen-bond acceptors (Lipinski definition) is 2. The third-order valence-corrected chi connectivity index (χ3v) is 3.15. The lowest BCUT2D eigenvalue weighted by atomic mass is 9.96. The predicted molar refractivity (Wildman–Crippen MR) is 81.4 cm³/mol. The molecule has 2 aromatic carbocycles. The average molecular weight is 305 g/mol. The minimum atomic E-state index is -0.718. The van der Waals surface area contributed by atoms with E-state index in [0.29, 0.717) is 11.1 Å². The van der Waals surface area contributed by atoms with Crippen LogP contribution in [0.25, 0.3) is 11.1 Å². The maximum Gasteiger partial charge on any atom is 0.253 e. The van der Waals surface area contributed by atoms with Gasteiger partial charge in [0.05, 0.1) is 11.1 Å². The number of hydrogen-bond donors (Lipinski definition) is 0. The second-order valence-electron chi connectivity index (χ2n) is 4.03. The molecule has 0 saturated carbocycles. The molecule has 0 aromatic heterocycles. The molecular formula is C16H10Cl2O2. The van der Waals surface area contributed by atoms with E-state index in [9.17, 15) is 9.59 Å². The van der Waals surface area contributed by atoms with Crippen LogP contribution in [0, 0.1) is 0 Å². The molecule has 0 spiro atoms.